The maximum absolute atomic E-state index is 9.60. The number of fused-ring (bicyclic) bond motifs is 1. The van der Waals surface area contributed by atoms with Crippen LogP contribution in [-0.4, -0.2) is 43.8 Å². The molecule has 0 radical (unpaired) electrons. The first-order valence-electron chi connectivity index (χ1n) is 7.92. The summed E-state index contributed by atoms with van der Waals surface area (Å²) in [6.45, 7) is 3.40. The minimum atomic E-state index is 0.118. The number of thioether (sulfide) groups is 1. The Bertz CT molecular complexity index is 580. The van der Waals surface area contributed by atoms with Gasteiger partial charge < -0.3 is 9.84 Å². The molecule has 2 heterocycles. The van der Waals surface area contributed by atoms with Crippen molar-refractivity contribution in [3.05, 3.63) is 16.7 Å². The van der Waals surface area contributed by atoms with E-state index in [1.165, 1.54) is 29.3 Å². The van der Waals surface area contributed by atoms with Crippen LogP contribution in [0.1, 0.15) is 29.5 Å². The highest BCUT2D eigenvalue weighted by Crippen LogP contribution is 2.33. The molecule has 0 spiro atoms. The van der Waals surface area contributed by atoms with Gasteiger partial charge in [0.1, 0.15) is 24.7 Å². The van der Waals surface area contributed by atoms with E-state index in [1.54, 1.807) is 0 Å². The third-order valence-electron chi connectivity index (χ3n) is 4.29. The Morgan fingerprint density at radius 2 is 1.95 bits per heavy atom. The SMILES string of the molecule is N#Cc1c(SCCO)[nH+]c(N2CCOCC2)c2c1CCCC2. The van der Waals surface area contributed by atoms with Crippen molar-refractivity contribution in [3.8, 4) is 6.07 Å². The Morgan fingerprint density at radius 3 is 2.64 bits per heavy atom. The van der Waals surface area contributed by atoms with Gasteiger partial charge in [0.15, 0.2) is 5.03 Å². The van der Waals surface area contributed by atoms with Crippen molar-refractivity contribution in [1.29, 1.82) is 5.26 Å². The van der Waals surface area contributed by atoms with E-state index >= 15 is 0 Å². The van der Waals surface area contributed by atoms with Gasteiger partial charge in [-0.05, 0) is 31.2 Å². The number of morpholine rings is 1. The van der Waals surface area contributed by atoms with Crippen molar-refractivity contribution in [1.82, 2.24) is 0 Å². The van der Waals surface area contributed by atoms with Gasteiger partial charge >= 0.3 is 0 Å². The van der Waals surface area contributed by atoms with Crippen LogP contribution in [0.25, 0.3) is 0 Å². The molecule has 6 heteroatoms. The predicted octanol–water partition coefficient (Wildman–Crippen LogP) is 1.17. The first kappa shape index (κ1) is 15.6. The fourth-order valence-electron chi connectivity index (χ4n) is 3.26. The number of aliphatic hydroxyl groups is 1. The van der Waals surface area contributed by atoms with Crippen molar-refractivity contribution in [2.45, 2.75) is 30.7 Å². The lowest BCUT2D eigenvalue weighted by molar-refractivity contribution is -0.414. The van der Waals surface area contributed by atoms with Gasteiger partial charge in [0, 0.05) is 11.3 Å². The third-order valence-corrected chi connectivity index (χ3v) is 5.27. The van der Waals surface area contributed by atoms with Gasteiger partial charge in [-0.1, -0.05) is 11.8 Å². The smallest absolute Gasteiger partial charge is 0.278 e. The standard InChI is InChI=1S/C16H21N3O2S/c17-11-14-12-3-1-2-4-13(12)15(18-16(14)22-10-7-20)19-5-8-21-9-6-19/h20H,1-10H2/p+1. The summed E-state index contributed by atoms with van der Waals surface area (Å²) >= 11 is 1.54. The number of hydrogen-bond acceptors (Lipinski definition) is 5. The van der Waals surface area contributed by atoms with E-state index in [0.29, 0.717) is 5.75 Å². The number of rotatable bonds is 4. The van der Waals surface area contributed by atoms with E-state index in [9.17, 15) is 5.26 Å². The molecule has 3 rings (SSSR count). The number of hydrogen-bond donors (Lipinski definition) is 1. The van der Waals surface area contributed by atoms with E-state index in [0.717, 1.165) is 62.0 Å². The van der Waals surface area contributed by atoms with Crippen LogP contribution in [0.2, 0.25) is 0 Å². The normalized spacial score (nSPS) is 17.9. The predicted molar refractivity (Wildman–Crippen MR) is 85.2 cm³/mol. The highest BCUT2D eigenvalue weighted by atomic mass is 32.2. The molecule has 1 saturated heterocycles. The third kappa shape index (κ3) is 3.07. The molecule has 22 heavy (non-hydrogen) atoms. The second kappa shape index (κ2) is 7.32. The molecule has 1 aromatic heterocycles. The topological polar surface area (TPSA) is 70.6 Å². The number of nitrogens with zero attached hydrogens (tertiary/aromatic N) is 2. The first-order chi connectivity index (χ1) is 10.8. The van der Waals surface area contributed by atoms with Gasteiger partial charge in [-0.25, -0.2) is 4.98 Å². The Kier molecular flexibility index (Phi) is 5.19. The molecule has 0 bridgehead atoms. The maximum Gasteiger partial charge on any atom is 0.278 e. The van der Waals surface area contributed by atoms with E-state index < -0.39 is 0 Å². The lowest BCUT2D eigenvalue weighted by atomic mass is 9.89. The number of nitrogens with one attached hydrogen (secondary N) is 1. The summed E-state index contributed by atoms with van der Waals surface area (Å²) in [4.78, 5) is 5.84. The molecule has 0 aromatic carbocycles. The van der Waals surface area contributed by atoms with Crippen LogP contribution < -0.4 is 9.88 Å². The molecule has 2 aliphatic rings. The van der Waals surface area contributed by atoms with Crippen LogP contribution in [0.5, 0.6) is 0 Å². The molecule has 0 amide bonds. The Labute approximate surface area is 135 Å². The van der Waals surface area contributed by atoms with E-state index in [2.05, 4.69) is 16.0 Å². The molecule has 1 aliphatic carbocycles. The average Bonchev–Trinajstić information content (AvgIpc) is 2.59. The molecule has 118 valence electrons. The van der Waals surface area contributed by atoms with Crippen molar-refractivity contribution in [2.24, 2.45) is 0 Å². The largest absolute Gasteiger partial charge is 0.396 e. The van der Waals surface area contributed by atoms with Crippen LogP contribution in [0.4, 0.5) is 5.82 Å². The molecule has 5 nitrogen and oxygen atoms in total. The zero-order valence-corrected chi connectivity index (χ0v) is 13.5. The number of aromatic nitrogens is 1. The molecule has 1 fully saturated rings. The molecule has 2 N–H and O–H groups in total. The molecule has 0 unspecified atom stereocenters. The lowest BCUT2D eigenvalue weighted by Gasteiger charge is -2.26. The van der Waals surface area contributed by atoms with E-state index in [4.69, 9.17) is 9.84 Å². The highest BCUT2D eigenvalue weighted by Gasteiger charge is 2.30. The zero-order valence-electron chi connectivity index (χ0n) is 12.7. The van der Waals surface area contributed by atoms with Gasteiger partial charge in [-0.2, -0.15) is 5.26 Å². The van der Waals surface area contributed by atoms with Crippen LogP contribution in [0.3, 0.4) is 0 Å². The van der Waals surface area contributed by atoms with Crippen molar-refractivity contribution in [2.75, 3.05) is 43.6 Å². The van der Waals surface area contributed by atoms with Crippen LogP contribution >= 0.6 is 11.8 Å². The summed E-state index contributed by atoms with van der Waals surface area (Å²) in [5.74, 6) is 1.77. The monoisotopic (exact) mass is 320 g/mol. The molecule has 1 aliphatic heterocycles. The second-order valence-corrected chi connectivity index (χ2v) is 6.73. The van der Waals surface area contributed by atoms with Gasteiger partial charge in [-0.3, -0.25) is 4.90 Å². The van der Waals surface area contributed by atoms with Gasteiger partial charge in [0.25, 0.3) is 5.82 Å². The Balaban J connectivity index is 2.05. The number of aliphatic hydroxyl groups excluding tert-OH is 1. The van der Waals surface area contributed by atoms with Crippen LogP contribution in [0, 0.1) is 11.3 Å². The Hall–Kier alpha value is -1.29. The van der Waals surface area contributed by atoms with Gasteiger partial charge in [0.2, 0.25) is 0 Å². The fourth-order valence-corrected chi connectivity index (χ4v) is 4.03. The average molecular weight is 320 g/mol. The first-order valence-corrected chi connectivity index (χ1v) is 8.91. The molecule has 0 atom stereocenters. The minimum absolute atomic E-state index is 0.118. The fraction of sp³-hybridized carbons (Fsp3) is 0.625. The lowest BCUT2D eigenvalue weighted by Crippen LogP contribution is -2.41. The van der Waals surface area contributed by atoms with Gasteiger partial charge in [-0.15, -0.1) is 0 Å². The summed E-state index contributed by atoms with van der Waals surface area (Å²) in [7, 11) is 0. The van der Waals surface area contributed by atoms with Crippen LogP contribution in [-0.2, 0) is 17.6 Å². The van der Waals surface area contributed by atoms with Gasteiger partial charge in [0.05, 0.1) is 19.8 Å². The number of nitriles is 1. The molecular weight excluding hydrogens is 298 g/mol. The van der Waals surface area contributed by atoms with E-state index in [1.807, 2.05) is 0 Å². The summed E-state index contributed by atoms with van der Waals surface area (Å²) in [5, 5.41) is 19.6. The summed E-state index contributed by atoms with van der Waals surface area (Å²) in [5.41, 5.74) is 3.32. The number of pyridine rings is 1. The number of aromatic amines is 1. The van der Waals surface area contributed by atoms with Crippen LogP contribution in [0.15, 0.2) is 5.03 Å². The molecular formula is C16H22N3O2S+. The summed E-state index contributed by atoms with van der Waals surface area (Å²) in [6.07, 6.45) is 4.36. The second-order valence-electron chi connectivity index (χ2n) is 5.63. The van der Waals surface area contributed by atoms with E-state index in [-0.39, 0.29) is 6.61 Å². The van der Waals surface area contributed by atoms with Crippen molar-refractivity contribution >= 4 is 17.6 Å². The summed E-state index contributed by atoms with van der Waals surface area (Å²) in [6, 6.07) is 2.39. The number of ether oxygens (including phenoxy) is 1. The number of anilines is 1. The van der Waals surface area contributed by atoms with Crippen molar-refractivity contribution in [3.63, 3.8) is 0 Å². The summed E-state index contributed by atoms with van der Waals surface area (Å²) < 4.78 is 5.46. The highest BCUT2D eigenvalue weighted by molar-refractivity contribution is 7.99. The number of H-pyrrole nitrogens is 1. The quantitative estimate of drug-likeness (QED) is 0.843. The maximum atomic E-state index is 9.60. The van der Waals surface area contributed by atoms with Crippen molar-refractivity contribution < 1.29 is 14.8 Å². The molecule has 1 aromatic rings. The zero-order chi connectivity index (χ0) is 15.4. The molecule has 0 saturated carbocycles. The Morgan fingerprint density at radius 1 is 1.23 bits per heavy atom. The minimum Gasteiger partial charge on any atom is -0.396 e.